The van der Waals surface area contributed by atoms with Crippen molar-refractivity contribution in [3.8, 4) is 0 Å². The third-order valence-corrected chi connectivity index (χ3v) is 3.60. The lowest BCUT2D eigenvalue weighted by Crippen LogP contribution is -2.55. The second-order valence-corrected chi connectivity index (χ2v) is 5.10. The smallest absolute Gasteiger partial charge is 0.224 e. The average Bonchev–Trinajstić information content (AvgIpc) is 2.27. The lowest BCUT2D eigenvalue weighted by molar-refractivity contribution is -0.120. The standard InChI is InChI=1S/C14H20N2O.ClH/c1-11-5-2-3-6-12(11)9-13(17)16-10-14(15)7-4-8-14;/h2-3,5-6H,4,7-10,15H2,1H3,(H,16,17);1H. The number of carbonyl (C=O) groups excluding carboxylic acids is 1. The van der Waals surface area contributed by atoms with Crippen LogP contribution in [0.3, 0.4) is 0 Å². The molecule has 0 spiro atoms. The Morgan fingerprint density at radius 1 is 1.39 bits per heavy atom. The van der Waals surface area contributed by atoms with Gasteiger partial charge < -0.3 is 11.1 Å². The molecule has 100 valence electrons. The SMILES string of the molecule is Cc1ccccc1CC(=O)NCC1(N)CCC1.Cl. The Labute approximate surface area is 115 Å². The Bertz CT molecular complexity index is 416. The third kappa shape index (κ3) is 3.72. The van der Waals surface area contributed by atoms with Crippen molar-refractivity contribution in [1.82, 2.24) is 5.32 Å². The van der Waals surface area contributed by atoms with E-state index in [1.54, 1.807) is 0 Å². The zero-order valence-electron chi connectivity index (χ0n) is 10.7. The highest BCUT2D eigenvalue weighted by Crippen LogP contribution is 2.28. The van der Waals surface area contributed by atoms with Crippen molar-refractivity contribution in [2.24, 2.45) is 5.73 Å². The predicted octanol–water partition coefficient (Wildman–Crippen LogP) is 1.96. The van der Waals surface area contributed by atoms with Gasteiger partial charge in [-0.1, -0.05) is 24.3 Å². The molecule has 4 heteroatoms. The summed E-state index contributed by atoms with van der Waals surface area (Å²) >= 11 is 0. The number of benzene rings is 1. The van der Waals surface area contributed by atoms with Gasteiger partial charge in [-0.2, -0.15) is 0 Å². The summed E-state index contributed by atoms with van der Waals surface area (Å²) < 4.78 is 0. The molecule has 2 rings (SSSR count). The van der Waals surface area contributed by atoms with E-state index < -0.39 is 0 Å². The Morgan fingerprint density at radius 3 is 2.61 bits per heavy atom. The van der Waals surface area contributed by atoms with Gasteiger partial charge in [-0.3, -0.25) is 4.79 Å². The Kier molecular flexibility index (Phi) is 5.17. The van der Waals surface area contributed by atoms with E-state index >= 15 is 0 Å². The molecule has 0 aliphatic heterocycles. The summed E-state index contributed by atoms with van der Waals surface area (Å²) in [6, 6.07) is 7.97. The summed E-state index contributed by atoms with van der Waals surface area (Å²) in [5.41, 5.74) is 8.17. The maximum absolute atomic E-state index is 11.8. The van der Waals surface area contributed by atoms with E-state index in [0.717, 1.165) is 24.0 Å². The fourth-order valence-corrected chi connectivity index (χ4v) is 2.13. The number of halogens is 1. The fourth-order valence-electron chi connectivity index (χ4n) is 2.13. The Hall–Kier alpha value is -1.06. The molecule has 1 saturated carbocycles. The summed E-state index contributed by atoms with van der Waals surface area (Å²) in [7, 11) is 0. The Morgan fingerprint density at radius 2 is 2.06 bits per heavy atom. The first-order valence-electron chi connectivity index (χ1n) is 6.19. The molecule has 1 aromatic carbocycles. The summed E-state index contributed by atoms with van der Waals surface area (Å²) in [6.07, 6.45) is 3.68. The number of nitrogens with one attached hydrogen (secondary N) is 1. The van der Waals surface area contributed by atoms with Gasteiger partial charge in [-0.15, -0.1) is 12.4 Å². The summed E-state index contributed by atoms with van der Waals surface area (Å²) in [4.78, 5) is 11.8. The molecule has 0 unspecified atom stereocenters. The van der Waals surface area contributed by atoms with Crippen LogP contribution in [0.2, 0.25) is 0 Å². The number of aryl methyl sites for hydroxylation is 1. The fraction of sp³-hybridized carbons (Fsp3) is 0.500. The molecule has 0 bridgehead atoms. The van der Waals surface area contributed by atoms with Crippen molar-refractivity contribution in [3.63, 3.8) is 0 Å². The van der Waals surface area contributed by atoms with Crippen LogP contribution in [0, 0.1) is 6.92 Å². The van der Waals surface area contributed by atoms with Gasteiger partial charge in [0.2, 0.25) is 5.91 Å². The molecule has 1 amide bonds. The lowest BCUT2D eigenvalue weighted by Gasteiger charge is -2.38. The van der Waals surface area contributed by atoms with Crippen molar-refractivity contribution in [2.75, 3.05) is 6.54 Å². The monoisotopic (exact) mass is 268 g/mol. The number of rotatable bonds is 4. The van der Waals surface area contributed by atoms with E-state index in [1.807, 2.05) is 31.2 Å². The van der Waals surface area contributed by atoms with Crippen LogP contribution < -0.4 is 11.1 Å². The number of amides is 1. The molecule has 0 atom stereocenters. The molecule has 3 N–H and O–H groups in total. The van der Waals surface area contributed by atoms with Crippen molar-refractivity contribution < 1.29 is 4.79 Å². The predicted molar refractivity (Wildman–Crippen MR) is 75.9 cm³/mol. The van der Waals surface area contributed by atoms with E-state index in [1.165, 1.54) is 6.42 Å². The van der Waals surface area contributed by atoms with E-state index in [0.29, 0.717) is 13.0 Å². The molecule has 1 aliphatic carbocycles. The summed E-state index contributed by atoms with van der Waals surface area (Å²) in [5, 5.41) is 2.94. The third-order valence-electron chi connectivity index (χ3n) is 3.60. The molecular weight excluding hydrogens is 248 g/mol. The number of hydrogen-bond acceptors (Lipinski definition) is 2. The van der Waals surface area contributed by atoms with E-state index in [-0.39, 0.29) is 23.9 Å². The molecule has 18 heavy (non-hydrogen) atoms. The van der Waals surface area contributed by atoms with Crippen molar-refractivity contribution in [2.45, 2.75) is 38.1 Å². The van der Waals surface area contributed by atoms with E-state index in [2.05, 4.69) is 5.32 Å². The second kappa shape index (κ2) is 6.21. The second-order valence-electron chi connectivity index (χ2n) is 5.10. The summed E-state index contributed by atoms with van der Waals surface area (Å²) in [5.74, 6) is 0.0658. The van der Waals surface area contributed by atoms with Gasteiger partial charge in [-0.25, -0.2) is 0 Å². The molecular formula is C14H21ClN2O. The first-order valence-corrected chi connectivity index (χ1v) is 6.19. The first kappa shape index (κ1) is 15.0. The molecule has 0 saturated heterocycles. The normalized spacial score (nSPS) is 16.3. The molecule has 1 aliphatic rings. The molecule has 0 aromatic heterocycles. The highest BCUT2D eigenvalue weighted by atomic mass is 35.5. The maximum atomic E-state index is 11.8. The van der Waals surface area contributed by atoms with Gasteiger partial charge in [0.1, 0.15) is 0 Å². The Balaban J connectivity index is 0.00000162. The van der Waals surface area contributed by atoms with E-state index in [9.17, 15) is 4.79 Å². The lowest BCUT2D eigenvalue weighted by atomic mass is 9.78. The van der Waals surface area contributed by atoms with Crippen molar-refractivity contribution >= 4 is 18.3 Å². The minimum absolute atomic E-state index is 0. The van der Waals surface area contributed by atoms with Gasteiger partial charge in [0.25, 0.3) is 0 Å². The van der Waals surface area contributed by atoms with Crippen LogP contribution in [0.1, 0.15) is 30.4 Å². The number of hydrogen-bond donors (Lipinski definition) is 2. The van der Waals surface area contributed by atoms with Gasteiger partial charge in [0.15, 0.2) is 0 Å². The highest BCUT2D eigenvalue weighted by Gasteiger charge is 2.32. The first-order chi connectivity index (χ1) is 8.09. The molecule has 0 heterocycles. The van der Waals surface area contributed by atoms with Crippen LogP contribution in [-0.2, 0) is 11.2 Å². The topological polar surface area (TPSA) is 55.1 Å². The minimum Gasteiger partial charge on any atom is -0.354 e. The van der Waals surface area contributed by atoms with Crippen LogP contribution in [0.5, 0.6) is 0 Å². The van der Waals surface area contributed by atoms with Crippen molar-refractivity contribution in [1.29, 1.82) is 0 Å². The molecule has 3 nitrogen and oxygen atoms in total. The minimum atomic E-state index is -0.138. The van der Waals surface area contributed by atoms with Gasteiger partial charge >= 0.3 is 0 Å². The maximum Gasteiger partial charge on any atom is 0.224 e. The van der Waals surface area contributed by atoms with Gasteiger partial charge in [0.05, 0.1) is 6.42 Å². The van der Waals surface area contributed by atoms with Crippen LogP contribution in [0.25, 0.3) is 0 Å². The largest absolute Gasteiger partial charge is 0.354 e. The van der Waals surface area contributed by atoms with Crippen molar-refractivity contribution in [3.05, 3.63) is 35.4 Å². The van der Waals surface area contributed by atoms with Crippen LogP contribution in [0.4, 0.5) is 0 Å². The van der Waals surface area contributed by atoms with Crippen LogP contribution >= 0.6 is 12.4 Å². The number of nitrogens with two attached hydrogens (primary N) is 1. The summed E-state index contributed by atoms with van der Waals surface area (Å²) in [6.45, 7) is 2.64. The zero-order chi connectivity index (χ0) is 12.3. The average molecular weight is 269 g/mol. The quantitative estimate of drug-likeness (QED) is 0.877. The molecule has 1 fully saturated rings. The number of carbonyl (C=O) groups is 1. The van der Waals surface area contributed by atoms with Crippen LogP contribution in [0.15, 0.2) is 24.3 Å². The zero-order valence-corrected chi connectivity index (χ0v) is 11.6. The van der Waals surface area contributed by atoms with E-state index in [4.69, 9.17) is 5.73 Å². The van der Waals surface area contributed by atoms with Crippen LogP contribution in [-0.4, -0.2) is 18.0 Å². The highest BCUT2D eigenvalue weighted by molar-refractivity contribution is 5.85. The van der Waals surface area contributed by atoms with Gasteiger partial charge in [-0.05, 0) is 37.3 Å². The molecule has 1 aromatic rings. The molecule has 0 radical (unpaired) electrons. The van der Waals surface area contributed by atoms with Gasteiger partial charge in [0, 0.05) is 12.1 Å².